The maximum absolute atomic E-state index is 13.7. The molecule has 1 aliphatic carbocycles. The normalized spacial score (nSPS) is 25.2. The Morgan fingerprint density at radius 2 is 1.84 bits per heavy atom. The van der Waals surface area contributed by atoms with Gasteiger partial charge in [0.25, 0.3) is 0 Å². The van der Waals surface area contributed by atoms with Gasteiger partial charge in [0.15, 0.2) is 0 Å². The van der Waals surface area contributed by atoms with Crippen LogP contribution in [0, 0.1) is 17.8 Å². The zero-order valence-electron chi connectivity index (χ0n) is 21.8. The number of fused-ring (bicyclic) bond motifs is 3. The fraction of sp³-hybridized carbons (Fsp3) is 0.400. The van der Waals surface area contributed by atoms with Crippen LogP contribution in [0.15, 0.2) is 65.3 Å². The Bertz CT molecular complexity index is 1280. The highest BCUT2D eigenvalue weighted by Gasteiger charge is 2.57. The van der Waals surface area contributed by atoms with Crippen molar-refractivity contribution in [2.24, 2.45) is 17.8 Å². The highest BCUT2D eigenvalue weighted by molar-refractivity contribution is 6.58. The molecule has 5 rings (SSSR count). The molecule has 198 valence electrons. The lowest BCUT2D eigenvalue weighted by atomic mass is 9.69. The molecule has 4 atom stereocenters. The van der Waals surface area contributed by atoms with Crippen LogP contribution in [-0.2, 0) is 14.3 Å². The van der Waals surface area contributed by atoms with Crippen molar-refractivity contribution in [3.05, 3.63) is 70.8 Å². The summed E-state index contributed by atoms with van der Waals surface area (Å²) < 4.78 is 6.31. The molecule has 3 N–H and O–H groups in total. The molecule has 2 aliphatic heterocycles. The second kappa shape index (κ2) is 10.9. The van der Waals surface area contributed by atoms with Crippen molar-refractivity contribution in [2.45, 2.75) is 52.1 Å². The van der Waals surface area contributed by atoms with E-state index in [4.69, 9.17) is 4.74 Å². The van der Waals surface area contributed by atoms with E-state index < -0.39 is 19.0 Å². The van der Waals surface area contributed by atoms with Gasteiger partial charge in [-0.1, -0.05) is 55.3 Å². The Labute approximate surface area is 223 Å². The van der Waals surface area contributed by atoms with Crippen LogP contribution >= 0.6 is 0 Å². The molecule has 2 heterocycles. The van der Waals surface area contributed by atoms with Crippen molar-refractivity contribution in [3.8, 4) is 5.75 Å². The van der Waals surface area contributed by atoms with Gasteiger partial charge in [-0.25, -0.2) is 0 Å². The molecule has 7 nitrogen and oxygen atoms in total. The van der Waals surface area contributed by atoms with Crippen molar-refractivity contribution in [2.75, 3.05) is 11.5 Å². The second-order valence-corrected chi connectivity index (χ2v) is 10.4. The molecule has 2 fully saturated rings. The standard InChI is InChI=1S/C30H34BNO6/c1-3-18(14-19-8-11-23(33)12-9-19)10-13-26-27-20(4-2)15-24-28(25(27)17-38-26)30(35)32(29(24)34)22-7-5-6-21(16-22)31(36)37/h5-9,11-12,14,16,24-26,28,33,36-37H,3-4,10,13,15,17H2,1-2H3/b18-14+/t24-,25+,26-,28-/m1/s1. The molecule has 3 aliphatic rings. The second-order valence-electron chi connectivity index (χ2n) is 10.4. The molecule has 2 aromatic rings. The summed E-state index contributed by atoms with van der Waals surface area (Å²) in [6.07, 6.45) is 6.03. The van der Waals surface area contributed by atoms with Gasteiger partial charge in [0.1, 0.15) is 5.75 Å². The lowest BCUT2D eigenvalue weighted by molar-refractivity contribution is -0.122. The number of aromatic hydroxyl groups is 1. The third kappa shape index (κ3) is 4.84. The van der Waals surface area contributed by atoms with Crippen molar-refractivity contribution in [3.63, 3.8) is 0 Å². The minimum absolute atomic E-state index is 0.0736. The van der Waals surface area contributed by atoms with E-state index in [2.05, 4.69) is 19.9 Å². The van der Waals surface area contributed by atoms with E-state index in [0.717, 1.165) is 31.2 Å². The van der Waals surface area contributed by atoms with E-state index in [-0.39, 0.29) is 35.0 Å². The summed E-state index contributed by atoms with van der Waals surface area (Å²) in [5, 5.41) is 28.7. The number of carbonyl (C=O) groups is 2. The van der Waals surface area contributed by atoms with Crippen molar-refractivity contribution < 1.29 is 29.5 Å². The first-order valence-corrected chi connectivity index (χ1v) is 13.5. The summed E-state index contributed by atoms with van der Waals surface area (Å²) in [7, 11) is -1.68. The van der Waals surface area contributed by atoms with Gasteiger partial charge in [0.2, 0.25) is 11.8 Å². The molecule has 0 radical (unpaired) electrons. The Morgan fingerprint density at radius 3 is 2.53 bits per heavy atom. The van der Waals surface area contributed by atoms with Crippen LogP contribution in [0.5, 0.6) is 5.75 Å². The van der Waals surface area contributed by atoms with E-state index in [9.17, 15) is 24.7 Å². The zero-order chi connectivity index (χ0) is 27.0. The summed E-state index contributed by atoms with van der Waals surface area (Å²) in [6.45, 7) is 4.66. The first kappa shape index (κ1) is 26.4. The maximum Gasteiger partial charge on any atom is 0.488 e. The number of amides is 2. The van der Waals surface area contributed by atoms with Crippen molar-refractivity contribution in [1.29, 1.82) is 0 Å². The molecule has 2 saturated heterocycles. The summed E-state index contributed by atoms with van der Waals surface area (Å²) in [4.78, 5) is 28.4. The molecule has 2 amide bonds. The zero-order valence-corrected chi connectivity index (χ0v) is 21.8. The first-order chi connectivity index (χ1) is 18.3. The number of rotatable bonds is 8. The minimum Gasteiger partial charge on any atom is -0.508 e. The lowest BCUT2D eigenvalue weighted by Crippen LogP contribution is -2.35. The Balaban J connectivity index is 1.36. The minimum atomic E-state index is -1.68. The number of ether oxygens (including phenoxy) is 1. The van der Waals surface area contributed by atoms with Crippen LogP contribution < -0.4 is 10.4 Å². The Morgan fingerprint density at radius 1 is 1.08 bits per heavy atom. The van der Waals surface area contributed by atoms with Crippen LogP contribution in [-0.4, -0.2) is 46.8 Å². The van der Waals surface area contributed by atoms with Gasteiger partial charge in [-0.3, -0.25) is 14.5 Å². The maximum atomic E-state index is 13.7. The molecule has 0 bridgehead atoms. The van der Waals surface area contributed by atoms with Crippen LogP contribution in [0.3, 0.4) is 0 Å². The smallest absolute Gasteiger partial charge is 0.488 e. The highest BCUT2D eigenvalue weighted by Crippen LogP contribution is 2.51. The summed E-state index contributed by atoms with van der Waals surface area (Å²) >= 11 is 0. The van der Waals surface area contributed by atoms with Crippen LogP contribution in [0.4, 0.5) is 5.69 Å². The summed E-state index contributed by atoms with van der Waals surface area (Å²) in [5.41, 5.74) is 5.38. The van der Waals surface area contributed by atoms with E-state index in [1.807, 2.05) is 12.1 Å². The molecule has 38 heavy (non-hydrogen) atoms. The van der Waals surface area contributed by atoms with E-state index in [1.54, 1.807) is 30.3 Å². The van der Waals surface area contributed by atoms with Gasteiger partial charge >= 0.3 is 7.12 Å². The number of phenolic OH excluding ortho intramolecular Hbond substituents is 1. The van der Waals surface area contributed by atoms with Gasteiger partial charge in [-0.15, -0.1) is 0 Å². The molecule has 2 aromatic carbocycles. The lowest BCUT2D eigenvalue weighted by Gasteiger charge is -2.31. The predicted molar refractivity (Wildman–Crippen MR) is 147 cm³/mol. The van der Waals surface area contributed by atoms with Gasteiger partial charge in [0, 0.05) is 5.92 Å². The number of nitrogens with zero attached hydrogens (tertiary/aromatic N) is 1. The van der Waals surface area contributed by atoms with Gasteiger partial charge in [-0.05, 0) is 73.0 Å². The number of benzene rings is 2. The van der Waals surface area contributed by atoms with Gasteiger partial charge < -0.3 is 19.9 Å². The van der Waals surface area contributed by atoms with E-state index in [0.29, 0.717) is 18.7 Å². The Hall–Kier alpha value is -3.20. The third-order valence-electron chi connectivity index (χ3n) is 8.31. The Kier molecular flexibility index (Phi) is 7.57. The summed E-state index contributed by atoms with van der Waals surface area (Å²) in [6, 6.07) is 13.5. The van der Waals surface area contributed by atoms with Crippen LogP contribution in [0.1, 0.15) is 51.5 Å². The number of carbonyl (C=O) groups excluding carboxylic acids is 2. The molecular formula is C30H34BNO6. The van der Waals surface area contributed by atoms with Crippen LogP contribution in [0.2, 0.25) is 0 Å². The fourth-order valence-corrected chi connectivity index (χ4v) is 6.36. The molecule has 0 spiro atoms. The van der Waals surface area contributed by atoms with E-state index in [1.165, 1.54) is 27.7 Å². The monoisotopic (exact) mass is 515 g/mol. The van der Waals surface area contributed by atoms with Crippen molar-refractivity contribution in [1.82, 2.24) is 0 Å². The largest absolute Gasteiger partial charge is 0.508 e. The molecule has 0 aromatic heterocycles. The quantitative estimate of drug-likeness (QED) is 0.282. The number of imide groups is 1. The molecular weight excluding hydrogens is 481 g/mol. The molecule has 0 unspecified atom stereocenters. The average Bonchev–Trinajstić information content (AvgIpc) is 3.45. The fourth-order valence-electron chi connectivity index (χ4n) is 6.36. The van der Waals surface area contributed by atoms with Crippen LogP contribution in [0.25, 0.3) is 6.08 Å². The van der Waals surface area contributed by atoms with Crippen molar-refractivity contribution >= 4 is 36.2 Å². The van der Waals surface area contributed by atoms with Gasteiger partial charge in [-0.2, -0.15) is 0 Å². The first-order valence-electron chi connectivity index (χ1n) is 13.5. The van der Waals surface area contributed by atoms with E-state index >= 15 is 0 Å². The third-order valence-corrected chi connectivity index (χ3v) is 8.31. The number of phenols is 1. The molecule has 0 saturated carbocycles. The molecule has 8 heteroatoms. The average molecular weight is 515 g/mol. The highest BCUT2D eigenvalue weighted by atomic mass is 16.5. The SMILES string of the molecule is CCC1=C2[C@@H](CC/C(=C/c3ccc(O)cc3)CC)OC[C@@H]2[C@@H]2C(=O)N(c3cccc(B(O)O)c3)C(=O)[C@@H]2C1. The van der Waals surface area contributed by atoms with Gasteiger partial charge in [0.05, 0.1) is 30.2 Å². The number of hydrogen-bond donors (Lipinski definition) is 3. The number of hydrogen-bond acceptors (Lipinski definition) is 6. The number of anilines is 1. The summed E-state index contributed by atoms with van der Waals surface area (Å²) in [5.74, 6) is -1.20. The predicted octanol–water partition coefficient (Wildman–Crippen LogP) is 3.58. The topological polar surface area (TPSA) is 107 Å². The number of allylic oxidation sites excluding steroid dienone is 2.